The van der Waals surface area contributed by atoms with Crippen molar-refractivity contribution in [2.75, 3.05) is 0 Å². The van der Waals surface area contributed by atoms with Gasteiger partial charge in [-0.15, -0.1) is 0 Å². The van der Waals surface area contributed by atoms with Crippen molar-refractivity contribution < 1.29 is 23.1 Å². The van der Waals surface area contributed by atoms with Crippen LogP contribution in [0.1, 0.15) is 26.7 Å². The number of aliphatic carboxylic acids is 1. The Morgan fingerprint density at radius 3 is 2.29 bits per heavy atom. The molecule has 6 heteroatoms. The van der Waals surface area contributed by atoms with Crippen molar-refractivity contribution in [1.82, 2.24) is 5.32 Å². The van der Waals surface area contributed by atoms with Gasteiger partial charge in [0.15, 0.2) is 0 Å². The van der Waals surface area contributed by atoms with Gasteiger partial charge in [-0.25, -0.2) is 0 Å². The van der Waals surface area contributed by atoms with Gasteiger partial charge in [0.1, 0.15) is 6.04 Å². The van der Waals surface area contributed by atoms with Crippen molar-refractivity contribution >= 4 is 5.97 Å². The Labute approximate surface area is 80.3 Å². The van der Waals surface area contributed by atoms with Crippen molar-refractivity contribution in [3.05, 3.63) is 0 Å². The Morgan fingerprint density at radius 2 is 2.00 bits per heavy atom. The molecule has 2 N–H and O–H groups in total. The summed E-state index contributed by atoms with van der Waals surface area (Å²) >= 11 is 0. The zero-order valence-electron chi connectivity index (χ0n) is 8.06. The van der Waals surface area contributed by atoms with E-state index in [2.05, 4.69) is 5.32 Å². The molecule has 0 aliphatic heterocycles. The first kappa shape index (κ1) is 13.2. The molecule has 84 valence electrons. The smallest absolute Gasteiger partial charge is 0.390 e. The predicted octanol–water partition coefficient (Wildman–Crippen LogP) is 1.78. The van der Waals surface area contributed by atoms with E-state index in [1.807, 2.05) is 0 Å². The number of nitrogens with one attached hydrogen (secondary N) is 1. The molecule has 0 aliphatic rings. The molecular weight excluding hydrogens is 199 g/mol. The van der Waals surface area contributed by atoms with Crippen LogP contribution in [0.25, 0.3) is 0 Å². The molecule has 0 fully saturated rings. The van der Waals surface area contributed by atoms with Gasteiger partial charge in [0.25, 0.3) is 0 Å². The maximum atomic E-state index is 11.9. The lowest BCUT2D eigenvalue weighted by Crippen LogP contribution is -2.43. The van der Waals surface area contributed by atoms with Crippen LogP contribution in [0.2, 0.25) is 0 Å². The quantitative estimate of drug-likeness (QED) is 0.731. The third kappa shape index (κ3) is 5.80. The van der Waals surface area contributed by atoms with Crippen molar-refractivity contribution in [2.45, 2.75) is 44.9 Å². The van der Waals surface area contributed by atoms with Gasteiger partial charge >= 0.3 is 12.1 Å². The van der Waals surface area contributed by atoms with Crippen LogP contribution in [0.5, 0.6) is 0 Å². The number of carboxylic acid groups (broad SMARTS) is 1. The fourth-order valence-corrected chi connectivity index (χ4v) is 1.11. The van der Waals surface area contributed by atoms with E-state index >= 15 is 0 Å². The molecule has 0 aromatic heterocycles. The summed E-state index contributed by atoms with van der Waals surface area (Å²) < 4.78 is 35.6. The molecule has 0 aromatic carbocycles. The highest BCUT2D eigenvalue weighted by Gasteiger charge is 2.31. The van der Waals surface area contributed by atoms with Crippen LogP contribution in [0, 0.1) is 0 Å². The van der Waals surface area contributed by atoms with Crippen LogP contribution in [0.3, 0.4) is 0 Å². The molecule has 0 bridgehead atoms. The van der Waals surface area contributed by atoms with Gasteiger partial charge in [0.2, 0.25) is 0 Å². The Balaban J connectivity index is 4.03. The fourth-order valence-electron chi connectivity index (χ4n) is 1.11. The fraction of sp³-hybridized carbons (Fsp3) is 0.875. The zero-order chi connectivity index (χ0) is 11.4. The first-order chi connectivity index (χ1) is 6.26. The van der Waals surface area contributed by atoms with Crippen LogP contribution < -0.4 is 5.32 Å². The summed E-state index contributed by atoms with van der Waals surface area (Å²) in [6, 6.07) is -1.79. The molecule has 3 nitrogen and oxygen atoms in total. The van der Waals surface area contributed by atoms with Gasteiger partial charge in [-0.05, 0) is 13.3 Å². The molecule has 0 aliphatic carbocycles. The lowest BCUT2D eigenvalue weighted by molar-refractivity contribution is -0.145. The lowest BCUT2D eigenvalue weighted by atomic mass is 10.1. The minimum absolute atomic E-state index is 0.261. The second-order valence-corrected chi connectivity index (χ2v) is 3.19. The minimum atomic E-state index is -4.26. The van der Waals surface area contributed by atoms with Crippen molar-refractivity contribution in [3.8, 4) is 0 Å². The second-order valence-electron chi connectivity index (χ2n) is 3.19. The lowest BCUT2D eigenvalue weighted by Gasteiger charge is -2.19. The molecule has 0 aromatic rings. The van der Waals surface area contributed by atoms with E-state index in [4.69, 9.17) is 5.11 Å². The van der Waals surface area contributed by atoms with Crippen LogP contribution >= 0.6 is 0 Å². The number of carboxylic acids is 1. The van der Waals surface area contributed by atoms with E-state index in [0.717, 1.165) is 0 Å². The number of carbonyl (C=O) groups is 1. The molecule has 0 spiro atoms. The van der Waals surface area contributed by atoms with Crippen molar-refractivity contribution in [2.24, 2.45) is 0 Å². The maximum absolute atomic E-state index is 11.9. The number of hydrogen-bond donors (Lipinski definition) is 2. The average molecular weight is 213 g/mol. The molecular formula is C8H14F3NO2. The van der Waals surface area contributed by atoms with E-state index in [0.29, 0.717) is 0 Å². The van der Waals surface area contributed by atoms with E-state index < -0.39 is 30.7 Å². The molecule has 2 unspecified atom stereocenters. The first-order valence-electron chi connectivity index (χ1n) is 4.32. The first-order valence-corrected chi connectivity index (χ1v) is 4.32. The van der Waals surface area contributed by atoms with E-state index in [1.54, 1.807) is 6.92 Å². The Bertz CT molecular complexity index is 194. The van der Waals surface area contributed by atoms with Gasteiger partial charge in [-0.2, -0.15) is 13.2 Å². The highest BCUT2D eigenvalue weighted by atomic mass is 19.4. The molecule has 0 rings (SSSR count). The third-order valence-electron chi connectivity index (χ3n) is 1.73. The summed E-state index contributed by atoms with van der Waals surface area (Å²) in [5, 5.41) is 11.0. The number of hydrogen-bond acceptors (Lipinski definition) is 2. The Morgan fingerprint density at radius 1 is 1.50 bits per heavy atom. The van der Waals surface area contributed by atoms with Gasteiger partial charge < -0.3 is 10.4 Å². The summed E-state index contributed by atoms with van der Waals surface area (Å²) in [7, 11) is 0. The van der Waals surface area contributed by atoms with Crippen molar-refractivity contribution in [1.29, 1.82) is 0 Å². The monoisotopic (exact) mass is 213 g/mol. The van der Waals surface area contributed by atoms with Gasteiger partial charge in [-0.3, -0.25) is 4.79 Å². The zero-order valence-corrected chi connectivity index (χ0v) is 8.06. The molecule has 0 saturated carbocycles. The Hall–Kier alpha value is -0.780. The molecule has 0 saturated heterocycles. The van der Waals surface area contributed by atoms with E-state index in [-0.39, 0.29) is 6.42 Å². The normalized spacial score (nSPS) is 16.4. The van der Waals surface area contributed by atoms with Crippen LogP contribution in [-0.4, -0.2) is 29.3 Å². The molecule has 2 atom stereocenters. The van der Waals surface area contributed by atoms with Crippen molar-refractivity contribution in [3.63, 3.8) is 0 Å². The maximum Gasteiger partial charge on any atom is 0.390 e. The third-order valence-corrected chi connectivity index (χ3v) is 1.73. The highest BCUT2D eigenvalue weighted by Crippen LogP contribution is 2.21. The molecule has 0 heterocycles. The largest absolute Gasteiger partial charge is 0.480 e. The highest BCUT2D eigenvalue weighted by molar-refractivity contribution is 5.73. The van der Waals surface area contributed by atoms with E-state index in [9.17, 15) is 18.0 Å². The molecule has 0 amide bonds. The standard InChI is InChI=1S/C8H14F3NO2/c1-3-6(7(13)14)12-5(2)4-8(9,10)11/h5-6,12H,3-4H2,1-2H3,(H,13,14). The van der Waals surface area contributed by atoms with Crippen LogP contribution in [0.15, 0.2) is 0 Å². The summed E-state index contributed by atoms with van der Waals surface area (Å²) in [6.07, 6.45) is -5.02. The SMILES string of the molecule is CCC(NC(C)CC(F)(F)F)C(=O)O. The topological polar surface area (TPSA) is 49.3 Å². The summed E-state index contributed by atoms with van der Waals surface area (Å²) in [5.41, 5.74) is 0. The van der Waals surface area contributed by atoms with Gasteiger partial charge in [-0.1, -0.05) is 6.92 Å². The number of halogens is 3. The molecule has 14 heavy (non-hydrogen) atoms. The average Bonchev–Trinajstić information content (AvgIpc) is 1.96. The number of alkyl halides is 3. The van der Waals surface area contributed by atoms with E-state index in [1.165, 1.54) is 6.92 Å². The Kier molecular flexibility index (Phi) is 4.90. The van der Waals surface area contributed by atoms with Crippen LogP contribution in [0.4, 0.5) is 13.2 Å². The van der Waals surface area contributed by atoms with Gasteiger partial charge in [0, 0.05) is 6.04 Å². The summed E-state index contributed by atoms with van der Waals surface area (Å²) in [4.78, 5) is 10.5. The summed E-state index contributed by atoms with van der Waals surface area (Å²) in [6.45, 7) is 2.92. The summed E-state index contributed by atoms with van der Waals surface area (Å²) in [5.74, 6) is -1.12. The predicted molar refractivity (Wildman–Crippen MR) is 45.0 cm³/mol. The second kappa shape index (κ2) is 5.19. The van der Waals surface area contributed by atoms with Crippen LogP contribution in [-0.2, 0) is 4.79 Å². The van der Waals surface area contributed by atoms with Gasteiger partial charge in [0.05, 0.1) is 6.42 Å². The minimum Gasteiger partial charge on any atom is -0.480 e. The number of rotatable bonds is 5. The molecule has 0 radical (unpaired) electrons.